The van der Waals surface area contributed by atoms with Crippen LogP contribution in [0, 0.1) is 11.3 Å². The summed E-state index contributed by atoms with van der Waals surface area (Å²) in [6.07, 6.45) is 0. The number of nitriles is 1. The SMILES string of the molecule is COC(=O)COc1cc(Br)c([C@@H]2C(C#N)=C(N)Oc3c2ccc2ccccc32)cc1OC. The van der Waals surface area contributed by atoms with Gasteiger partial charge in [-0.2, -0.15) is 5.26 Å². The van der Waals surface area contributed by atoms with Crippen LogP contribution in [0.25, 0.3) is 10.8 Å². The van der Waals surface area contributed by atoms with Gasteiger partial charge in [-0.05, 0) is 23.1 Å². The number of nitrogens with zero attached hydrogens (tertiary/aromatic N) is 1. The van der Waals surface area contributed by atoms with Crippen LogP contribution in [0.5, 0.6) is 17.2 Å². The van der Waals surface area contributed by atoms with Gasteiger partial charge in [0.05, 0.1) is 20.1 Å². The van der Waals surface area contributed by atoms with Crippen LogP contribution in [0.2, 0.25) is 0 Å². The molecule has 3 aromatic carbocycles. The summed E-state index contributed by atoms with van der Waals surface area (Å²) in [6, 6.07) is 17.4. The lowest BCUT2D eigenvalue weighted by Gasteiger charge is -2.28. The number of rotatable bonds is 5. The molecule has 0 bridgehead atoms. The van der Waals surface area contributed by atoms with Crippen LogP contribution in [0.4, 0.5) is 0 Å². The smallest absolute Gasteiger partial charge is 0.343 e. The summed E-state index contributed by atoms with van der Waals surface area (Å²) in [5, 5.41) is 11.8. The van der Waals surface area contributed by atoms with Crippen molar-refractivity contribution in [3.63, 3.8) is 0 Å². The van der Waals surface area contributed by atoms with Crippen LogP contribution in [0.15, 0.2) is 64.5 Å². The fourth-order valence-electron chi connectivity index (χ4n) is 3.75. The molecule has 0 saturated heterocycles. The van der Waals surface area contributed by atoms with Crippen molar-refractivity contribution in [3.05, 3.63) is 75.6 Å². The van der Waals surface area contributed by atoms with E-state index in [1.165, 1.54) is 14.2 Å². The van der Waals surface area contributed by atoms with Gasteiger partial charge in [0, 0.05) is 15.4 Å². The molecule has 4 rings (SSSR count). The molecule has 7 nitrogen and oxygen atoms in total. The third-order valence-electron chi connectivity index (χ3n) is 5.27. The molecule has 8 heteroatoms. The molecule has 0 radical (unpaired) electrons. The standard InChI is InChI=1S/C24H19BrN2O5/c1-29-19-9-16(18(25)10-20(19)31-12-21(28)30-2)22-15-8-7-13-5-3-4-6-14(13)23(15)32-24(27)17(22)11-26/h3-10,22H,12,27H2,1-2H3/t22-/m1/s1. The minimum Gasteiger partial charge on any atom is -0.493 e. The Morgan fingerprint density at radius 1 is 1.16 bits per heavy atom. The molecule has 1 aliphatic rings. The molecule has 1 atom stereocenters. The third kappa shape index (κ3) is 3.72. The normalized spacial score (nSPS) is 14.9. The number of fused-ring (bicyclic) bond motifs is 3. The molecule has 1 heterocycles. The number of carbonyl (C=O) groups is 1. The Morgan fingerprint density at radius 3 is 2.66 bits per heavy atom. The molecule has 0 spiro atoms. The van der Waals surface area contributed by atoms with Gasteiger partial charge < -0.3 is 24.7 Å². The number of allylic oxidation sites excluding steroid dienone is 1. The highest BCUT2D eigenvalue weighted by atomic mass is 79.9. The highest BCUT2D eigenvalue weighted by molar-refractivity contribution is 9.10. The summed E-state index contributed by atoms with van der Waals surface area (Å²) in [5.41, 5.74) is 8.02. The average Bonchev–Trinajstić information content (AvgIpc) is 2.81. The Labute approximate surface area is 193 Å². The molecule has 1 aliphatic heterocycles. The third-order valence-corrected chi connectivity index (χ3v) is 5.96. The Hall–Kier alpha value is -3.70. The predicted octanol–water partition coefficient (Wildman–Crippen LogP) is 4.38. The molecular formula is C24H19BrN2O5. The number of hydrogen-bond donors (Lipinski definition) is 1. The minimum atomic E-state index is -0.514. The lowest BCUT2D eigenvalue weighted by molar-refractivity contribution is -0.142. The number of nitrogens with two attached hydrogens (primary N) is 1. The van der Waals surface area contributed by atoms with Crippen molar-refractivity contribution in [1.29, 1.82) is 5.26 Å². The molecule has 0 saturated carbocycles. The highest BCUT2D eigenvalue weighted by Crippen LogP contribution is 2.48. The number of benzene rings is 3. The predicted molar refractivity (Wildman–Crippen MR) is 121 cm³/mol. The van der Waals surface area contributed by atoms with Gasteiger partial charge in [-0.25, -0.2) is 4.79 Å². The quantitative estimate of drug-likeness (QED) is 0.524. The van der Waals surface area contributed by atoms with E-state index in [9.17, 15) is 10.1 Å². The molecular weight excluding hydrogens is 476 g/mol. The summed E-state index contributed by atoms with van der Waals surface area (Å²) in [6.45, 7) is -0.263. The van der Waals surface area contributed by atoms with E-state index < -0.39 is 11.9 Å². The number of carbonyl (C=O) groups excluding carboxylic acids is 1. The molecule has 162 valence electrons. The van der Waals surface area contributed by atoms with Gasteiger partial charge in [-0.3, -0.25) is 0 Å². The van der Waals surface area contributed by atoms with Gasteiger partial charge in [0.2, 0.25) is 5.88 Å². The van der Waals surface area contributed by atoms with Crippen molar-refractivity contribution in [1.82, 2.24) is 0 Å². The average molecular weight is 495 g/mol. The molecule has 32 heavy (non-hydrogen) atoms. The number of halogens is 1. The molecule has 0 fully saturated rings. The molecule has 0 unspecified atom stereocenters. The van der Waals surface area contributed by atoms with Gasteiger partial charge in [0.1, 0.15) is 17.4 Å². The van der Waals surface area contributed by atoms with E-state index in [1.54, 1.807) is 12.1 Å². The van der Waals surface area contributed by atoms with Crippen LogP contribution in [0.3, 0.4) is 0 Å². The van der Waals surface area contributed by atoms with Gasteiger partial charge in [-0.1, -0.05) is 52.3 Å². The lowest BCUT2D eigenvalue weighted by Crippen LogP contribution is -2.21. The fraction of sp³-hybridized carbons (Fsp3) is 0.167. The topological polar surface area (TPSA) is 104 Å². The van der Waals surface area contributed by atoms with Gasteiger partial charge in [0.15, 0.2) is 18.1 Å². The number of ether oxygens (including phenoxy) is 4. The summed E-state index contributed by atoms with van der Waals surface area (Å²) in [7, 11) is 2.78. The van der Waals surface area contributed by atoms with Crippen molar-refractivity contribution in [2.75, 3.05) is 20.8 Å². The van der Waals surface area contributed by atoms with E-state index in [2.05, 4.69) is 26.7 Å². The first-order chi connectivity index (χ1) is 15.5. The van der Waals surface area contributed by atoms with E-state index >= 15 is 0 Å². The zero-order valence-corrected chi connectivity index (χ0v) is 18.9. The zero-order chi connectivity index (χ0) is 22.8. The van der Waals surface area contributed by atoms with Gasteiger partial charge in [0.25, 0.3) is 0 Å². The maximum absolute atomic E-state index is 11.5. The largest absolute Gasteiger partial charge is 0.493 e. The van der Waals surface area contributed by atoms with Crippen LogP contribution < -0.4 is 19.9 Å². The van der Waals surface area contributed by atoms with E-state index in [0.29, 0.717) is 27.3 Å². The van der Waals surface area contributed by atoms with Crippen LogP contribution >= 0.6 is 15.9 Å². The van der Waals surface area contributed by atoms with Gasteiger partial charge >= 0.3 is 5.97 Å². The van der Waals surface area contributed by atoms with E-state index in [4.69, 9.17) is 19.9 Å². The first-order valence-corrected chi connectivity index (χ1v) is 10.4. The Balaban J connectivity index is 1.88. The van der Waals surface area contributed by atoms with Crippen molar-refractivity contribution >= 4 is 32.7 Å². The number of esters is 1. The maximum atomic E-state index is 11.5. The second-order valence-corrected chi connectivity index (χ2v) is 7.87. The van der Waals surface area contributed by atoms with Crippen LogP contribution in [-0.2, 0) is 9.53 Å². The summed E-state index contributed by atoms with van der Waals surface area (Å²) >= 11 is 3.58. The second kappa shape index (κ2) is 8.81. The van der Waals surface area contributed by atoms with Crippen molar-refractivity contribution in [3.8, 4) is 23.3 Å². The Bertz CT molecular complexity index is 1300. The maximum Gasteiger partial charge on any atom is 0.343 e. The summed E-state index contributed by atoms with van der Waals surface area (Å²) in [5.74, 6) is 0.414. The van der Waals surface area contributed by atoms with Crippen molar-refractivity contribution < 1.29 is 23.7 Å². The van der Waals surface area contributed by atoms with Crippen molar-refractivity contribution in [2.24, 2.45) is 5.73 Å². The Kier molecular flexibility index (Phi) is 5.93. The molecule has 0 aromatic heterocycles. The minimum absolute atomic E-state index is 0.0539. The lowest BCUT2D eigenvalue weighted by atomic mass is 9.82. The van der Waals surface area contributed by atoms with E-state index in [0.717, 1.165) is 21.9 Å². The first-order valence-electron chi connectivity index (χ1n) is 9.64. The van der Waals surface area contributed by atoms with Crippen molar-refractivity contribution in [2.45, 2.75) is 5.92 Å². The van der Waals surface area contributed by atoms with Crippen LogP contribution in [0.1, 0.15) is 17.0 Å². The fourth-order valence-corrected chi connectivity index (χ4v) is 4.30. The van der Waals surface area contributed by atoms with Crippen LogP contribution in [-0.4, -0.2) is 26.8 Å². The monoisotopic (exact) mass is 494 g/mol. The number of hydrogen-bond acceptors (Lipinski definition) is 7. The summed E-state index contributed by atoms with van der Waals surface area (Å²) < 4.78 is 22.2. The van der Waals surface area contributed by atoms with E-state index in [-0.39, 0.29) is 12.5 Å². The molecule has 2 N–H and O–H groups in total. The van der Waals surface area contributed by atoms with E-state index in [1.807, 2.05) is 36.4 Å². The Morgan fingerprint density at radius 2 is 1.94 bits per heavy atom. The first kappa shape index (κ1) is 21.5. The molecule has 0 amide bonds. The molecule has 3 aromatic rings. The number of methoxy groups -OCH3 is 2. The zero-order valence-electron chi connectivity index (χ0n) is 17.3. The molecule has 0 aliphatic carbocycles. The second-order valence-electron chi connectivity index (χ2n) is 7.02. The highest BCUT2D eigenvalue weighted by Gasteiger charge is 2.33. The summed E-state index contributed by atoms with van der Waals surface area (Å²) in [4.78, 5) is 11.5. The van der Waals surface area contributed by atoms with Gasteiger partial charge in [-0.15, -0.1) is 0 Å².